The van der Waals surface area contributed by atoms with E-state index < -0.39 is 27.7 Å². The Balaban J connectivity index is 3.72. The van der Waals surface area contributed by atoms with E-state index in [1.807, 2.05) is 6.08 Å². The molecule has 0 fully saturated rings. The van der Waals surface area contributed by atoms with Crippen molar-refractivity contribution in [3.05, 3.63) is 23.8 Å². The van der Waals surface area contributed by atoms with Crippen molar-refractivity contribution in [3.63, 3.8) is 0 Å². The maximum Gasteiger partial charge on any atom is 0.338 e. The lowest BCUT2D eigenvalue weighted by Gasteiger charge is -2.54. The minimum absolute atomic E-state index is 0.0758. The van der Waals surface area contributed by atoms with Crippen LogP contribution >= 0.6 is 0 Å². The highest BCUT2D eigenvalue weighted by atomic mass is 28.4. The molecule has 0 aromatic heterocycles. The van der Waals surface area contributed by atoms with Crippen LogP contribution in [0.15, 0.2) is 23.8 Å². The van der Waals surface area contributed by atoms with Crippen LogP contribution in [-0.4, -0.2) is 41.4 Å². The number of rotatable bonds is 7. The summed E-state index contributed by atoms with van der Waals surface area (Å²) in [6, 6.07) is 0. The first kappa shape index (κ1) is 26.3. The van der Waals surface area contributed by atoms with Crippen LogP contribution in [0.25, 0.3) is 0 Å². The van der Waals surface area contributed by atoms with E-state index in [4.69, 9.17) is 13.6 Å². The van der Waals surface area contributed by atoms with E-state index in [9.17, 15) is 4.79 Å². The van der Waals surface area contributed by atoms with Crippen molar-refractivity contribution in [1.82, 2.24) is 0 Å². The Labute approximate surface area is 181 Å². The molecule has 29 heavy (non-hydrogen) atoms. The van der Waals surface area contributed by atoms with Crippen molar-refractivity contribution < 1.29 is 18.4 Å². The number of allylic oxidation sites excluding steroid dienone is 1. The fourth-order valence-corrected chi connectivity index (χ4v) is 6.85. The molecule has 0 aliphatic heterocycles. The van der Waals surface area contributed by atoms with Gasteiger partial charge in [0, 0.05) is 11.8 Å². The molecule has 6 heteroatoms. The first-order valence-corrected chi connectivity index (χ1v) is 17.0. The van der Waals surface area contributed by atoms with E-state index >= 15 is 0 Å². The van der Waals surface area contributed by atoms with E-state index in [0.29, 0.717) is 12.8 Å². The second-order valence-electron chi connectivity index (χ2n) is 11.4. The highest BCUT2D eigenvalue weighted by Gasteiger charge is 2.61. The summed E-state index contributed by atoms with van der Waals surface area (Å²) in [5.74, 6) is -0.303. The molecule has 0 bridgehead atoms. The fourth-order valence-electron chi connectivity index (χ4n) is 4.06. The molecular weight excluding hydrogens is 396 g/mol. The van der Waals surface area contributed by atoms with Gasteiger partial charge in [-0.3, -0.25) is 0 Å². The molecular formula is C23H44O4Si2. The second-order valence-corrected chi connectivity index (χ2v) is 20.6. The van der Waals surface area contributed by atoms with Crippen LogP contribution in [0.4, 0.5) is 0 Å². The summed E-state index contributed by atoms with van der Waals surface area (Å²) < 4.78 is 18.9. The van der Waals surface area contributed by atoms with Gasteiger partial charge in [-0.1, -0.05) is 46.3 Å². The summed E-state index contributed by atoms with van der Waals surface area (Å²) in [5.41, 5.74) is 0.785. The summed E-state index contributed by atoms with van der Waals surface area (Å²) in [5, 5.41) is 0.0758. The molecule has 0 saturated heterocycles. The molecule has 0 aromatic carbocycles. The molecule has 0 unspecified atom stereocenters. The molecule has 168 valence electrons. The Morgan fingerprint density at radius 1 is 1.21 bits per heavy atom. The lowest BCUT2D eigenvalue weighted by molar-refractivity contribution is -0.175. The van der Waals surface area contributed by atoms with Crippen LogP contribution < -0.4 is 0 Å². The van der Waals surface area contributed by atoms with Crippen LogP contribution in [0.5, 0.6) is 0 Å². The fraction of sp³-hybridized carbons (Fsp3) is 0.783. The van der Waals surface area contributed by atoms with E-state index in [2.05, 4.69) is 80.9 Å². The number of hydrogen-bond acceptors (Lipinski definition) is 4. The van der Waals surface area contributed by atoms with Gasteiger partial charge in [-0.2, -0.15) is 0 Å². The summed E-state index contributed by atoms with van der Waals surface area (Å²) in [6.07, 6.45) is 2.92. The van der Waals surface area contributed by atoms with Crippen LogP contribution in [0.3, 0.4) is 0 Å². The van der Waals surface area contributed by atoms with Crippen LogP contribution in [0.2, 0.25) is 37.8 Å². The topological polar surface area (TPSA) is 44.8 Å². The van der Waals surface area contributed by atoms with Crippen molar-refractivity contribution in [3.8, 4) is 0 Å². The van der Waals surface area contributed by atoms with Gasteiger partial charge in [0.2, 0.25) is 0 Å². The van der Waals surface area contributed by atoms with Crippen molar-refractivity contribution in [2.75, 3.05) is 7.11 Å². The van der Waals surface area contributed by atoms with E-state index in [1.54, 1.807) is 0 Å². The molecule has 0 spiro atoms. The average Bonchev–Trinajstić information content (AvgIpc) is 2.53. The van der Waals surface area contributed by atoms with Crippen molar-refractivity contribution in [2.24, 2.45) is 5.41 Å². The Morgan fingerprint density at radius 3 is 2.10 bits per heavy atom. The quantitative estimate of drug-likeness (QED) is 0.259. The van der Waals surface area contributed by atoms with Crippen LogP contribution in [-0.2, 0) is 18.4 Å². The third-order valence-electron chi connectivity index (χ3n) is 6.78. The zero-order valence-corrected chi connectivity index (χ0v) is 22.9. The summed E-state index contributed by atoms with van der Waals surface area (Å²) in [6.45, 7) is 27.9. The minimum atomic E-state index is -2.08. The maximum absolute atomic E-state index is 13.3. The van der Waals surface area contributed by atoms with Gasteiger partial charge >= 0.3 is 5.97 Å². The zero-order valence-electron chi connectivity index (χ0n) is 20.9. The number of carbonyl (C=O) groups excluding carboxylic acids is 1. The van der Waals surface area contributed by atoms with Crippen molar-refractivity contribution in [1.29, 1.82) is 0 Å². The molecule has 1 rings (SSSR count). The van der Waals surface area contributed by atoms with E-state index in [-0.39, 0.29) is 17.1 Å². The number of methoxy groups -OCH3 is 1. The monoisotopic (exact) mass is 440 g/mol. The van der Waals surface area contributed by atoms with Gasteiger partial charge < -0.3 is 13.6 Å². The molecule has 0 amide bonds. The molecule has 4 nitrogen and oxygen atoms in total. The normalized spacial score (nSPS) is 25.7. The van der Waals surface area contributed by atoms with Gasteiger partial charge in [0.15, 0.2) is 22.2 Å². The molecule has 1 aliphatic carbocycles. The van der Waals surface area contributed by atoms with Crippen molar-refractivity contribution in [2.45, 2.75) is 104 Å². The highest BCUT2D eigenvalue weighted by molar-refractivity contribution is 6.74. The molecule has 0 heterocycles. The van der Waals surface area contributed by atoms with Gasteiger partial charge in [0.05, 0.1) is 13.2 Å². The number of esters is 1. The van der Waals surface area contributed by atoms with Gasteiger partial charge in [0.25, 0.3) is 0 Å². The summed E-state index contributed by atoms with van der Waals surface area (Å²) in [7, 11) is -2.68. The lowest BCUT2D eigenvalue weighted by atomic mass is 9.61. The highest BCUT2D eigenvalue weighted by Crippen LogP contribution is 2.54. The van der Waals surface area contributed by atoms with Gasteiger partial charge in [-0.05, 0) is 56.7 Å². The van der Waals surface area contributed by atoms with E-state index in [1.165, 1.54) is 18.3 Å². The Kier molecular flexibility index (Phi) is 7.67. The molecule has 0 saturated carbocycles. The molecule has 2 atom stereocenters. The molecule has 1 aliphatic rings. The zero-order chi connectivity index (χ0) is 23.1. The van der Waals surface area contributed by atoms with Crippen LogP contribution in [0, 0.1) is 5.41 Å². The molecule has 0 aromatic rings. The van der Waals surface area contributed by atoms with Crippen molar-refractivity contribution >= 4 is 22.6 Å². The molecule has 0 N–H and O–H groups in total. The van der Waals surface area contributed by atoms with Crippen LogP contribution in [0.1, 0.15) is 54.4 Å². The third-order valence-corrected chi connectivity index (χ3v) is 12.2. The minimum Gasteiger partial charge on any atom is -0.467 e. The van der Waals surface area contributed by atoms with Gasteiger partial charge in [-0.15, -0.1) is 6.58 Å². The summed E-state index contributed by atoms with van der Waals surface area (Å²) in [4.78, 5) is 13.3. The second kappa shape index (κ2) is 8.44. The maximum atomic E-state index is 13.3. The Bertz CT molecular complexity index is 665. The van der Waals surface area contributed by atoms with Gasteiger partial charge in [-0.25, -0.2) is 4.79 Å². The lowest BCUT2D eigenvalue weighted by Crippen LogP contribution is -2.63. The number of ether oxygens (including phenoxy) is 1. The predicted molar refractivity (Wildman–Crippen MR) is 127 cm³/mol. The predicted octanol–water partition coefficient (Wildman–Crippen LogP) is 6.46. The Morgan fingerprint density at radius 2 is 1.72 bits per heavy atom. The standard InChI is InChI=1S/C23H44O4Si2/c1-14-15-18-17(2)19(26-29(12,13)21(3,4)5)16-23(20(24)25-8,22(18,6)7)27-28(9,10)11/h14,19H,1,15-16H2,2-13H3/t19-,23-/m0/s1. The largest absolute Gasteiger partial charge is 0.467 e. The smallest absolute Gasteiger partial charge is 0.338 e. The number of hydrogen-bond donors (Lipinski definition) is 0. The third kappa shape index (κ3) is 5.14. The Hall–Kier alpha value is -0.696. The summed E-state index contributed by atoms with van der Waals surface area (Å²) >= 11 is 0. The molecule has 0 radical (unpaired) electrons. The first-order chi connectivity index (χ1) is 12.9. The van der Waals surface area contributed by atoms with E-state index in [0.717, 1.165) is 0 Å². The first-order valence-electron chi connectivity index (χ1n) is 10.6. The number of carbonyl (C=O) groups is 1. The SMILES string of the molecule is C=CCC1=C(C)[C@@H](O[Si](C)(C)C(C)(C)C)C[C@](O[Si](C)(C)C)(C(=O)OC)C1(C)C. The van der Waals surface area contributed by atoms with Gasteiger partial charge in [0.1, 0.15) is 0 Å². The average molecular weight is 441 g/mol.